The molecule has 2 aliphatic rings. The zero-order valence-electron chi connectivity index (χ0n) is 8.61. The Kier molecular flexibility index (Phi) is 2.10. The number of rotatable bonds is 0. The van der Waals surface area contributed by atoms with Crippen LogP contribution in [0, 0.1) is 0 Å². The first kappa shape index (κ1) is 9.10. The Hall–Kier alpha value is -1.15. The summed E-state index contributed by atoms with van der Waals surface area (Å²) in [7, 11) is 0. The molecule has 0 amide bonds. The summed E-state index contributed by atoms with van der Waals surface area (Å²) in [6.07, 6.45) is 2.88. The fourth-order valence-electron chi connectivity index (χ4n) is 2.73. The molecule has 1 aliphatic heterocycles. The third-order valence-corrected chi connectivity index (χ3v) is 3.47. The molecule has 1 heterocycles. The first-order valence-electron chi connectivity index (χ1n) is 5.58. The van der Waals surface area contributed by atoms with Crippen molar-refractivity contribution < 1.29 is 9.53 Å². The molecule has 0 radical (unpaired) electrons. The summed E-state index contributed by atoms with van der Waals surface area (Å²) >= 11 is 0. The van der Waals surface area contributed by atoms with E-state index in [4.69, 9.17) is 4.74 Å². The number of ether oxygens (including phenoxy) is 1. The van der Waals surface area contributed by atoms with Gasteiger partial charge in [0.25, 0.3) is 0 Å². The molecule has 0 saturated heterocycles. The van der Waals surface area contributed by atoms with Crippen LogP contribution in [-0.4, -0.2) is 11.9 Å². The van der Waals surface area contributed by atoms with E-state index in [1.807, 2.05) is 12.1 Å². The van der Waals surface area contributed by atoms with Gasteiger partial charge in [-0.25, -0.2) is 0 Å². The normalized spacial score (nSPS) is 29.5. The molecular weight excluding hydrogens is 188 g/mol. The zero-order chi connectivity index (χ0) is 10.3. The second-order valence-corrected chi connectivity index (χ2v) is 4.38. The minimum absolute atomic E-state index is 0.0173. The van der Waals surface area contributed by atoms with Crippen molar-refractivity contribution in [1.82, 2.24) is 0 Å². The number of fused-ring (bicyclic) bond motifs is 3. The lowest BCUT2D eigenvalue weighted by atomic mass is 9.77. The van der Waals surface area contributed by atoms with E-state index in [9.17, 15) is 4.79 Å². The van der Waals surface area contributed by atoms with Crippen molar-refractivity contribution in [3.05, 3.63) is 35.4 Å². The van der Waals surface area contributed by atoms with Crippen molar-refractivity contribution in [1.29, 1.82) is 0 Å². The summed E-state index contributed by atoms with van der Waals surface area (Å²) in [4.78, 5) is 11.9. The van der Waals surface area contributed by atoms with Crippen LogP contribution in [0.25, 0.3) is 0 Å². The average molecular weight is 202 g/mol. The van der Waals surface area contributed by atoms with Crippen LogP contribution in [0.4, 0.5) is 0 Å². The van der Waals surface area contributed by atoms with Crippen LogP contribution >= 0.6 is 0 Å². The summed E-state index contributed by atoms with van der Waals surface area (Å²) < 4.78 is 5.76. The Morgan fingerprint density at radius 1 is 1.27 bits per heavy atom. The highest BCUT2D eigenvalue weighted by atomic mass is 16.5. The topological polar surface area (TPSA) is 26.3 Å². The van der Waals surface area contributed by atoms with Gasteiger partial charge < -0.3 is 4.74 Å². The molecule has 0 aromatic heterocycles. The van der Waals surface area contributed by atoms with Crippen LogP contribution in [0.5, 0.6) is 0 Å². The van der Waals surface area contributed by atoms with Crippen LogP contribution in [0.2, 0.25) is 0 Å². The SMILES string of the molecule is O=C1CCCC2OCc3ccccc3C12. The van der Waals surface area contributed by atoms with E-state index in [1.165, 1.54) is 11.1 Å². The first-order valence-corrected chi connectivity index (χ1v) is 5.58. The molecule has 0 N–H and O–H groups in total. The van der Waals surface area contributed by atoms with Crippen LogP contribution < -0.4 is 0 Å². The number of hydrogen-bond donors (Lipinski definition) is 0. The molecule has 0 spiro atoms. The molecule has 1 aromatic rings. The Balaban J connectivity index is 2.06. The summed E-state index contributed by atoms with van der Waals surface area (Å²) in [6.45, 7) is 0.671. The van der Waals surface area contributed by atoms with Gasteiger partial charge in [0.05, 0.1) is 18.6 Å². The maximum atomic E-state index is 11.9. The maximum Gasteiger partial charge on any atom is 0.142 e. The van der Waals surface area contributed by atoms with Gasteiger partial charge in [0.2, 0.25) is 0 Å². The van der Waals surface area contributed by atoms with Crippen LogP contribution in [0.3, 0.4) is 0 Å². The molecular formula is C13H14O2. The molecule has 15 heavy (non-hydrogen) atoms. The predicted octanol–water partition coefficient (Wildman–Crippen LogP) is 2.42. The Morgan fingerprint density at radius 2 is 2.13 bits per heavy atom. The smallest absolute Gasteiger partial charge is 0.142 e. The second-order valence-electron chi connectivity index (χ2n) is 4.38. The predicted molar refractivity (Wildman–Crippen MR) is 56.6 cm³/mol. The molecule has 2 unspecified atom stereocenters. The highest BCUT2D eigenvalue weighted by Gasteiger charge is 2.37. The summed E-state index contributed by atoms with van der Waals surface area (Å²) in [5, 5.41) is 0. The molecule has 78 valence electrons. The third-order valence-electron chi connectivity index (χ3n) is 3.47. The third kappa shape index (κ3) is 1.40. The van der Waals surface area contributed by atoms with Crippen molar-refractivity contribution in [2.24, 2.45) is 0 Å². The van der Waals surface area contributed by atoms with Gasteiger partial charge in [-0.2, -0.15) is 0 Å². The Labute approximate surface area is 89.2 Å². The molecule has 2 nitrogen and oxygen atoms in total. The lowest BCUT2D eigenvalue weighted by Crippen LogP contribution is -2.36. The van der Waals surface area contributed by atoms with E-state index in [1.54, 1.807) is 0 Å². The number of benzene rings is 1. The minimum Gasteiger partial charge on any atom is -0.372 e. The summed E-state index contributed by atoms with van der Waals surface area (Å²) in [5.74, 6) is 0.377. The fourth-order valence-corrected chi connectivity index (χ4v) is 2.73. The maximum absolute atomic E-state index is 11.9. The van der Waals surface area contributed by atoms with Crippen molar-refractivity contribution in [2.75, 3.05) is 0 Å². The Bertz CT molecular complexity index is 397. The van der Waals surface area contributed by atoms with E-state index in [0.29, 0.717) is 12.4 Å². The lowest BCUT2D eigenvalue weighted by Gasteiger charge is -2.35. The highest BCUT2D eigenvalue weighted by molar-refractivity contribution is 5.87. The van der Waals surface area contributed by atoms with Gasteiger partial charge in [-0.3, -0.25) is 4.79 Å². The number of carbonyl (C=O) groups is 1. The molecule has 1 saturated carbocycles. The first-order chi connectivity index (χ1) is 7.36. The summed E-state index contributed by atoms with van der Waals surface area (Å²) in [6, 6.07) is 8.17. The quantitative estimate of drug-likeness (QED) is 0.645. The molecule has 0 bridgehead atoms. The van der Waals surface area contributed by atoms with Crippen molar-refractivity contribution in [2.45, 2.75) is 37.9 Å². The zero-order valence-corrected chi connectivity index (χ0v) is 8.61. The molecule has 1 fully saturated rings. The lowest BCUT2D eigenvalue weighted by molar-refractivity contribution is -0.129. The van der Waals surface area contributed by atoms with Crippen LogP contribution in [0.1, 0.15) is 36.3 Å². The Morgan fingerprint density at radius 3 is 3.07 bits per heavy atom. The van der Waals surface area contributed by atoms with E-state index < -0.39 is 0 Å². The molecule has 3 rings (SSSR count). The van der Waals surface area contributed by atoms with E-state index in [0.717, 1.165) is 19.3 Å². The second kappa shape index (κ2) is 3.46. The van der Waals surface area contributed by atoms with Gasteiger partial charge in [0, 0.05) is 6.42 Å². The molecule has 2 heteroatoms. The number of Topliss-reactive ketones (excluding diaryl/α,β-unsaturated/α-hetero) is 1. The summed E-state index contributed by atoms with van der Waals surface area (Å²) in [5.41, 5.74) is 2.40. The van der Waals surface area contributed by atoms with Crippen LogP contribution in [0.15, 0.2) is 24.3 Å². The number of ketones is 1. The average Bonchev–Trinajstić information content (AvgIpc) is 2.29. The van der Waals surface area contributed by atoms with E-state index >= 15 is 0 Å². The van der Waals surface area contributed by atoms with E-state index in [2.05, 4.69) is 12.1 Å². The van der Waals surface area contributed by atoms with Gasteiger partial charge >= 0.3 is 0 Å². The van der Waals surface area contributed by atoms with Gasteiger partial charge in [0.1, 0.15) is 5.78 Å². The standard InChI is InChI=1S/C13H14O2/c14-11-6-3-7-12-13(11)10-5-2-1-4-9(10)8-15-12/h1-2,4-5,12-13H,3,6-8H2. The van der Waals surface area contributed by atoms with Gasteiger partial charge in [-0.05, 0) is 24.0 Å². The van der Waals surface area contributed by atoms with Gasteiger partial charge in [0.15, 0.2) is 0 Å². The monoisotopic (exact) mass is 202 g/mol. The van der Waals surface area contributed by atoms with Crippen molar-refractivity contribution in [3.8, 4) is 0 Å². The molecule has 1 aromatic carbocycles. The van der Waals surface area contributed by atoms with Crippen molar-refractivity contribution in [3.63, 3.8) is 0 Å². The van der Waals surface area contributed by atoms with E-state index in [-0.39, 0.29) is 12.0 Å². The van der Waals surface area contributed by atoms with Gasteiger partial charge in [-0.15, -0.1) is 0 Å². The molecule has 2 atom stereocenters. The van der Waals surface area contributed by atoms with Crippen LogP contribution in [-0.2, 0) is 16.1 Å². The number of hydrogen-bond acceptors (Lipinski definition) is 2. The van der Waals surface area contributed by atoms with Gasteiger partial charge in [-0.1, -0.05) is 24.3 Å². The fraction of sp³-hybridized carbons (Fsp3) is 0.462. The number of carbonyl (C=O) groups excluding carboxylic acids is 1. The minimum atomic E-state index is 0.0173. The van der Waals surface area contributed by atoms with Crippen molar-refractivity contribution >= 4 is 5.78 Å². The highest BCUT2D eigenvalue weighted by Crippen LogP contribution is 2.38. The largest absolute Gasteiger partial charge is 0.372 e. The molecule has 1 aliphatic carbocycles.